The van der Waals surface area contributed by atoms with Crippen LogP contribution in [-0.4, -0.2) is 41.0 Å². The van der Waals surface area contributed by atoms with Crippen LogP contribution >= 0.6 is 7.60 Å². The molecule has 0 radical (unpaired) electrons. The molecule has 0 aliphatic carbocycles. The van der Waals surface area contributed by atoms with E-state index >= 15 is 0 Å². The van der Waals surface area contributed by atoms with Crippen molar-refractivity contribution in [3.8, 4) is 0 Å². The highest BCUT2D eigenvalue weighted by atomic mass is 31.2. The second kappa shape index (κ2) is 13.8. The van der Waals surface area contributed by atoms with Gasteiger partial charge in [-0.1, -0.05) is 142 Å². The standard InChI is InChI=1S/C34H39O6PSi/c1-34(2,3)42(29-22-14-8-15-23-29,30-24-16-9-17-25-30)39-26-31(41(36,37-4)38-5)40-33(35)32(27-18-10-6-11-19-27)28-20-12-7-13-21-28/h6-25,31-32H,26H2,1-5H3/t31-/m1/s1. The van der Waals surface area contributed by atoms with Crippen LogP contribution in [0, 0.1) is 0 Å². The molecule has 0 unspecified atom stereocenters. The van der Waals surface area contributed by atoms with E-state index < -0.39 is 33.6 Å². The largest absolute Gasteiger partial charge is 0.446 e. The lowest BCUT2D eigenvalue weighted by Crippen LogP contribution is -2.67. The van der Waals surface area contributed by atoms with Crippen molar-refractivity contribution in [3.63, 3.8) is 0 Å². The Bertz CT molecular complexity index is 1370. The molecule has 8 heteroatoms. The van der Waals surface area contributed by atoms with Gasteiger partial charge in [0.2, 0.25) is 5.85 Å². The molecule has 0 bridgehead atoms. The zero-order chi connectivity index (χ0) is 30.2. The minimum Gasteiger partial charge on any atom is -0.446 e. The molecule has 4 rings (SSSR count). The number of benzene rings is 4. The Balaban J connectivity index is 1.77. The van der Waals surface area contributed by atoms with E-state index in [4.69, 9.17) is 18.2 Å². The molecule has 0 saturated heterocycles. The fraction of sp³-hybridized carbons (Fsp3) is 0.265. The van der Waals surface area contributed by atoms with E-state index in [-0.39, 0.29) is 11.6 Å². The summed E-state index contributed by atoms with van der Waals surface area (Å²) in [6.45, 7) is 6.25. The summed E-state index contributed by atoms with van der Waals surface area (Å²) < 4.78 is 37.8. The highest BCUT2D eigenvalue weighted by Crippen LogP contribution is 2.53. The number of hydrogen-bond acceptors (Lipinski definition) is 6. The average molecular weight is 603 g/mol. The normalized spacial score (nSPS) is 13.1. The summed E-state index contributed by atoms with van der Waals surface area (Å²) in [5, 5.41) is 1.75. The van der Waals surface area contributed by atoms with E-state index in [1.165, 1.54) is 14.2 Å². The van der Waals surface area contributed by atoms with Crippen LogP contribution in [0.25, 0.3) is 0 Å². The molecule has 6 nitrogen and oxygen atoms in total. The van der Waals surface area contributed by atoms with E-state index in [9.17, 15) is 9.36 Å². The molecule has 0 amide bonds. The highest BCUT2D eigenvalue weighted by Gasteiger charge is 2.52. The van der Waals surface area contributed by atoms with Crippen molar-refractivity contribution in [2.24, 2.45) is 0 Å². The number of carbonyl (C=O) groups is 1. The smallest absolute Gasteiger partial charge is 0.372 e. The van der Waals surface area contributed by atoms with E-state index in [1.807, 2.05) is 97.1 Å². The molecule has 0 aliphatic heterocycles. The molecule has 0 spiro atoms. The van der Waals surface area contributed by atoms with Gasteiger partial charge in [-0.2, -0.15) is 0 Å². The Morgan fingerprint density at radius 2 is 1.07 bits per heavy atom. The summed E-state index contributed by atoms with van der Waals surface area (Å²) >= 11 is 0. The maximum Gasteiger partial charge on any atom is 0.372 e. The van der Waals surface area contributed by atoms with Crippen molar-refractivity contribution in [2.45, 2.75) is 37.6 Å². The van der Waals surface area contributed by atoms with E-state index in [0.717, 1.165) is 21.5 Å². The van der Waals surface area contributed by atoms with Crippen molar-refractivity contribution >= 4 is 32.3 Å². The third kappa shape index (κ3) is 6.67. The Morgan fingerprint density at radius 3 is 1.43 bits per heavy atom. The molecule has 4 aromatic rings. The Labute approximate surface area is 250 Å². The van der Waals surface area contributed by atoms with Crippen molar-refractivity contribution < 1.29 is 27.6 Å². The molecule has 220 valence electrons. The predicted octanol–water partition coefficient (Wildman–Crippen LogP) is 6.75. The average Bonchev–Trinajstić information content (AvgIpc) is 3.02. The second-order valence-corrected chi connectivity index (χ2v) is 17.7. The van der Waals surface area contributed by atoms with Crippen molar-refractivity contribution in [1.29, 1.82) is 0 Å². The summed E-state index contributed by atoms with van der Waals surface area (Å²) in [6, 6.07) is 38.9. The van der Waals surface area contributed by atoms with Gasteiger partial charge in [0.15, 0.2) is 0 Å². The maximum atomic E-state index is 14.0. The fourth-order valence-corrected chi connectivity index (χ4v) is 11.2. The molecule has 0 aliphatic rings. The van der Waals surface area contributed by atoms with Gasteiger partial charge in [-0.25, -0.2) is 0 Å². The van der Waals surface area contributed by atoms with Gasteiger partial charge in [0.05, 0.1) is 6.61 Å². The summed E-state index contributed by atoms with van der Waals surface area (Å²) in [6.07, 6.45) is 0. The lowest BCUT2D eigenvalue weighted by Gasteiger charge is -2.43. The summed E-state index contributed by atoms with van der Waals surface area (Å²) in [7, 11) is -4.40. The first-order valence-electron chi connectivity index (χ1n) is 13.9. The molecule has 0 N–H and O–H groups in total. The maximum absolute atomic E-state index is 14.0. The molecular weight excluding hydrogens is 563 g/mol. The lowest BCUT2D eigenvalue weighted by atomic mass is 9.91. The molecule has 0 fully saturated rings. The molecule has 1 atom stereocenters. The summed E-state index contributed by atoms with van der Waals surface area (Å²) in [5.41, 5.74) is 1.51. The monoisotopic (exact) mass is 602 g/mol. The van der Waals surface area contributed by atoms with Crippen LogP contribution in [-0.2, 0) is 27.6 Å². The summed E-state index contributed by atoms with van der Waals surface area (Å²) in [4.78, 5) is 14.0. The van der Waals surface area contributed by atoms with Gasteiger partial charge < -0.3 is 18.2 Å². The molecule has 0 heterocycles. The van der Waals surface area contributed by atoms with Crippen LogP contribution in [0.15, 0.2) is 121 Å². The number of hydrogen-bond donors (Lipinski definition) is 0. The molecule has 0 saturated carbocycles. The fourth-order valence-electron chi connectivity index (χ4n) is 5.42. The van der Waals surface area contributed by atoms with Gasteiger partial charge in [-0.3, -0.25) is 9.36 Å². The Morgan fingerprint density at radius 1 is 0.690 bits per heavy atom. The zero-order valence-corrected chi connectivity index (χ0v) is 26.7. The first-order chi connectivity index (χ1) is 20.2. The highest BCUT2D eigenvalue weighted by molar-refractivity contribution is 7.54. The van der Waals surface area contributed by atoms with Crippen LogP contribution in [0.3, 0.4) is 0 Å². The molecular formula is C34H39O6PSi. The second-order valence-electron chi connectivity index (χ2n) is 11.0. The van der Waals surface area contributed by atoms with Crippen LogP contribution < -0.4 is 10.4 Å². The minimum absolute atomic E-state index is 0.186. The SMILES string of the molecule is COP(=O)(OC)[C@H](CO[Si](c1ccccc1)(c1ccccc1)C(C)(C)C)OC(=O)C(c1ccccc1)c1ccccc1. The van der Waals surface area contributed by atoms with Gasteiger partial charge in [-0.05, 0) is 26.5 Å². The first-order valence-corrected chi connectivity index (χ1v) is 17.4. The zero-order valence-electron chi connectivity index (χ0n) is 24.8. The third-order valence-corrected chi connectivity index (χ3v) is 14.5. The van der Waals surface area contributed by atoms with Gasteiger partial charge in [0.25, 0.3) is 8.32 Å². The van der Waals surface area contributed by atoms with Crippen LogP contribution in [0.2, 0.25) is 5.04 Å². The first kappa shape index (κ1) is 31.6. The van der Waals surface area contributed by atoms with Crippen LogP contribution in [0.1, 0.15) is 37.8 Å². The minimum atomic E-state index is -3.94. The molecule has 42 heavy (non-hydrogen) atoms. The van der Waals surface area contributed by atoms with Crippen molar-refractivity contribution in [3.05, 3.63) is 132 Å². The number of ether oxygens (including phenoxy) is 1. The molecule has 0 aromatic heterocycles. The lowest BCUT2D eigenvalue weighted by molar-refractivity contribution is -0.148. The molecule has 4 aromatic carbocycles. The van der Waals surface area contributed by atoms with Gasteiger partial charge >= 0.3 is 13.6 Å². The Hall–Kier alpha value is -3.32. The van der Waals surface area contributed by atoms with Crippen molar-refractivity contribution in [1.82, 2.24) is 0 Å². The van der Waals surface area contributed by atoms with Gasteiger partial charge in [-0.15, -0.1) is 0 Å². The van der Waals surface area contributed by atoms with Gasteiger partial charge in [0.1, 0.15) is 5.92 Å². The summed E-state index contributed by atoms with van der Waals surface area (Å²) in [5.74, 6) is -2.63. The number of esters is 1. The predicted molar refractivity (Wildman–Crippen MR) is 170 cm³/mol. The van der Waals surface area contributed by atoms with Crippen LogP contribution in [0.5, 0.6) is 0 Å². The van der Waals surface area contributed by atoms with E-state index in [2.05, 4.69) is 45.0 Å². The van der Waals surface area contributed by atoms with Gasteiger partial charge in [0, 0.05) is 14.2 Å². The van der Waals surface area contributed by atoms with Crippen molar-refractivity contribution in [2.75, 3.05) is 20.8 Å². The quantitative estimate of drug-likeness (QED) is 0.102. The van der Waals surface area contributed by atoms with E-state index in [0.29, 0.717) is 0 Å². The van der Waals surface area contributed by atoms with Crippen LogP contribution in [0.4, 0.5) is 0 Å². The topological polar surface area (TPSA) is 71.1 Å². The third-order valence-electron chi connectivity index (χ3n) is 7.47. The number of rotatable bonds is 12. The van der Waals surface area contributed by atoms with E-state index in [1.54, 1.807) is 0 Å². The number of carbonyl (C=O) groups excluding carboxylic acids is 1. The Kier molecular flexibility index (Phi) is 10.4.